The molecule has 2 heterocycles. The fourth-order valence-corrected chi connectivity index (χ4v) is 5.55. The second kappa shape index (κ2) is 9.02. The number of phosphoric acid groups is 3. The second-order valence-electron chi connectivity index (χ2n) is 6.06. The van der Waals surface area contributed by atoms with Crippen molar-refractivity contribution in [3.63, 3.8) is 0 Å². The number of aliphatic hydroxyl groups is 3. The summed E-state index contributed by atoms with van der Waals surface area (Å²) in [6, 6.07) is -0.663. The van der Waals surface area contributed by atoms with Gasteiger partial charge < -0.3 is 49.8 Å². The highest BCUT2D eigenvalue weighted by Crippen LogP contribution is 2.66. The third-order valence-corrected chi connectivity index (χ3v) is 7.55. The van der Waals surface area contributed by atoms with Crippen LogP contribution in [0.5, 0.6) is 0 Å². The predicted molar refractivity (Wildman–Crippen MR) is 90.9 cm³/mol. The average Bonchev–Trinajstić information content (AvgIpc) is 2.81. The third kappa shape index (κ3) is 6.63. The van der Waals surface area contributed by atoms with E-state index in [1.807, 2.05) is 0 Å². The number of hydrogen-bond donors (Lipinski definition) is 8. The molecule has 1 saturated heterocycles. The largest absolute Gasteiger partial charge is 0.490 e. The van der Waals surface area contributed by atoms with Crippen LogP contribution < -0.4 is 5.32 Å². The molecule has 2 aliphatic rings. The predicted octanol–water partition coefficient (Wildman–Crippen LogP) is -2.32. The van der Waals surface area contributed by atoms with Gasteiger partial charge >= 0.3 is 29.5 Å². The van der Waals surface area contributed by atoms with Crippen molar-refractivity contribution in [1.29, 1.82) is 0 Å². The van der Waals surface area contributed by atoms with E-state index in [-0.39, 0.29) is 5.57 Å². The summed E-state index contributed by atoms with van der Waals surface area (Å²) in [5, 5.41) is 32.2. The minimum atomic E-state index is -5.72. The molecule has 0 bridgehead atoms. The molecule has 8 N–H and O–H groups in total. The van der Waals surface area contributed by atoms with Crippen molar-refractivity contribution in [3.8, 4) is 0 Å². The van der Waals surface area contributed by atoms with Gasteiger partial charge in [0.05, 0.1) is 6.61 Å². The summed E-state index contributed by atoms with van der Waals surface area (Å²) in [7, 11) is -15.4. The number of nitrogens with zero attached hydrogens (tertiary/aromatic N) is 1. The molecule has 2 rings (SSSR count). The molecule has 5 unspecified atom stereocenters. The highest BCUT2D eigenvalue weighted by molar-refractivity contribution is 7.66. The van der Waals surface area contributed by atoms with Crippen molar-refractivity contribution >= 4 is 29.5 Å². The first kappa shape index (κ1) is 25.5. The third-order valence-electron chi connectivity index (χ3n) is 3.75. The molecule has 2 amide bonds. The van der Waals surface area contributed by atoms with Gasteiger partial charge in [-0.1, -0.05) is 0 Å². The van der Waals surface area contributed by atoms with E-state index in [1.165, 1.54) is 7.05 Å². The van der Waals surface area contributed by atoms with Gasteiger partial charge in [-0.15, -0.1) is 0 Å². The minimum absolute atomic E-state index is 0.0653. The van der Waals surface area contributed by atoms with E-state index in [9.17, 15) is 38.7 Å². The van der Waals surface area contributed by atoms with Crippen LogP contribution >= 0.6 is 23.5 Å². The van der Waals surface area contributed by atoms with Crippen LogP contribution in [0.4, 0.5) is 4.79 Å². The molecule has 0 aliphatic carbocycles. The molecule has 2 aliphatic heterocycles. The van der Waals surface area contributed by atoms with E-state index in [0.29, 0.717) is 0 Å². The van der Waals surface area contributed by atoms with Crippen LogP contribution in [-0.4, -0.2) is 90.1 Å². The van der Waals surface area contributed by atoms with Gasteiger partial charge in [0.1, 0.15) is 24.4 Å². The standard InChI is InChI=1S/C10H19N2O15P3/c1-12-2-4(9(15)11-10(12)16)8-7(14)6(13)5(25-8)3-24-29(20,21)27-30(22,23)26-28(17,18)19/h2,5-9,13-15H,3H2,1H3,(H,11,16)(H,20,21)(H,22,23)(H2,17,18,19)/t5-,6?,7?,8+,9?/m1/s1. The number of aliphatic hydroxyl groups excluding tert-OH is 3. The number of amides is 2. The molecular weight excluding hydrogens is 481 g/mol. The lowest BCUT2D eigenvalue weighted by Gasteiger charge is -2.30. The molecule has 0 aromatic heterocycles. The lowest BCUT2D eigenvalue weighted by atomic mass is 10.0. The molecule has 1 fully saturated rings. The zero-order valence-corrected chi connectivity index (χ0v) is 17.5. The van der Waals surface area contributed by atoms with Gasteiger partial charge in [-0.05, 0) is 0 Å². The van der Waals surface area contributed by atoms with Crippen molar-refractivity contribution in [3.05, 3.63) is 11.8 Å². The normalized spacial score (nSPS) is 34.1. The van der Waals surface area contributed by atoms with E-state index >= 15 is 0 Å². The van der Waals surface area contributed by atoms with Crippen molar-refractivity contribution in [2.75, 3.05) is 13.7 Å². The number of ether oxygens (including phenoxy) is 1. The maximum Gasteiger partial charge on any atom is 0.490 e. The Balaban J connectivity index is 2.03. The van der Waals surface area contributed by atoms with E-state index in [1.54, 1.807) is 0 Å². The highest BCUT2D eigenvalue weighted by Gasteiger charge is 2.48. The SMILES string of the molecule is CN1C=C([C@@H]2O[C@H](COP(=O)(O)OP(=O)(O)OP(=O)(O)O)C(O)C2O)C(O)NC1=O. The summed E-state index contributed by atoms with van der Waals surface area (Å²) in [5.41, 5.74) is -0.0653. The molecule has 174 valence electrons. The van der Waals surface area contributed by atoms with Gasteiger partial charge in [0.15, 0.2) is 6.23 Å². The molecular formula is C10H19N2O15P3. The van der Waals surface area contributed by atoms with Crippen molar-refractivity contribution in [2.24, 2.45) is 0 Å². The average molecular weight is 500 g/mol. The van der Waals surface area contributed by atoms with Crippen LogP contribution in [0.2, 0.25) is 0 Å². The number of phosphoric ester groups is 1. The molecule has 0 aromatic carbocycles. The van der Waals surface area contributed by atoms with Crippen LogP contribution in [0.1, 0.15) is 0 Å². The summed E-state index contributed by atoms with van der Waals surface area (Å²) in [4.78, 5) is 47.9. The first-order chi connectivity index (χ1) is 13.5. The van der Waals surface area contributed by atoms with Crippen LogP contribution in [0.15, 0.2) is 11.8 Å². The molecule has 0 spiro atoms. The quantitative estimate of drug-likeness (QED) is 0.163. The maximum atomic E-state index is 11.7. The number of rotatable bonds is 8. The smallest absolute Gasteiger partial charge is 0.387 e. The fourth-order valence-electron chi connectivity index (χ4n) is 2.52. The number of hydrogen-bond acceptors (Lipinski definition) is 11. The zero-order valence-electron chi connectivity index (χ0n) is 14.9. The number of carbonyl (C=O) groups excluding carboxylic acids is 1. The number of urea groups is 1. The van der Waals surface area contributed by atoms with Gasteiger partial charge in [-0.2, -0.15) is 8.62 Å². The zero-order chi connectivity index (χ0) is 23.1. The van der Waals surface area contributed by atoms with Crippen molar-refractivity contribution < 1.29 is 71.3 Å². The fraction of sp³-hybridized carbons (Fsp3) is 0.700. The lowest BCUT2D eigenvalue weighted by Crippen LogP contribution is -2.50. The van der Waals surface area contributed by atoms with Gasteiger partial charge in [0.25, 0.3) is 0 Å². The Kier molecular flexibility index (Phi) is 7.67. The Morgan fingerprint density at radius 1 is 1.07 bits per heavy atom. The number of nitrogens with one attached hydrogen (secondary N) is 1. The summed E-state index contributed by atoms with van der Waals surface area (Å²) in [6.45, 7) is -1.01. The van der Waals surface area contributed by atoms with Crippen LogP contribution in [0.3, 0.4) is 0 Å². The molecule has 0 radical (unpaired) electrons. The highest BCUT2D eigenvalue weighted by atomic mass is 31.3. The molecule has 20 heteroatoms. The van der Waals surface area contributed by atoms with Crippen LogP contribution in [0, 0.1) is 0 Å². The topological polar surface area (TPSA) is 262 Å². The van der Waals surface area contributed by atoms with E-state index in [4.69, 9.17) is 19.4 Å². The van der Waals surface area contributed by atoms with Crippen molar-refractivity contribution in [1.82, 2.24) is 10.2 Å². The Bertz CT molecular complexity index is 843. The summed E-state index contributed by atoms with van der Waals surface area (Å²) in [6.07, 6.45) is -6.76. The summed E-state index contributed by atoms with van der Waals surface area (Å²) in [5.74, 6) is 0. The summed E-state index contributed by atoms with van der Waals surface area (Å²) < 4.78 is 50.2. The summed E-state index contributed by atoms with van der Waals surface area (Å²) >= 11 is 0. The monoisotopic (exact) mass is 500 g/mol. The Labute approximate surface area is 167 Å². The molecule has 0 aromatic rings. The first-order valence-electron chi connectivity index (χ1n) is 7.74. The molecule has 7 atom stereocenters. The molecule has 17 nitrogen and oxygen atoms in total. The maximum absolute atomic E-state index is 11.7. The van der Waals surface area contributed by atoms with Gasteiger partial charge in [-0.25, -0.2) is 18.5 Å². The lowest BCUT2D eigenvalue weighted by molar-refractivity contribution is -0.0192. The minimum Gasteiger partial charge on any atom is -0.387 e. The Hall–Kier alpha value is -0.740. The van der Waals surface area contributed by atoms with Gasteiger partial charge in [0.2, 0.25) is 0 Å². The van der Waals surface area contributed by atoms with Crippen LogP contribution in [0.25, 0.3) is 0 Å². The Morgan fingerprint density at radius 3 is 2.23 bits per heavy atom. The molecule has 30 heavy (non-hydrogen) atoms. The van der Waals surface area contributed by atoms with E-state index in [2.05, 4.69) is 18.5 Å². The van der Waals surface area contributed by atoms with Gasteiger partial charge in [-0.3, -0.25) is 4.52 Å². The first-order valence-corrected chi connectivity index (χ1v) is 12.3. The van der Waals surface area contributed by atoms with Crippen LogP contribution in [-0.2, 0) is 31.6 Å². The molecule has 0 saturated carbocycles. The van der Waals surface area contributed by atoms with E-state index < -0.39 is 66.7 Å². The second-order valence-corrected chi connectivity index (χ2v) is 10.5. The Morgan fingerprint density at radius 2 is 1.67 bits per heavy atom. The number of carbonyl (C=O) groups is 1. The van der Waals surface area contributed by atoms with Gasteiger partial charge in [0, 0.05) is 18.8 Å². The van der Waals surface area contributed by atoms with E-state index in [0.717, 1.165) is 11.1 Å². The van der Waals surface area contributed by atoms with Crippen molar-refractivity contribution in [2.45, 2.75) is 30.6 Å².